The van der Waals surface area contributed by atoms with Crippen LogP contribution in [0.5, 0.6) is 0 Å². The van der Waals surface area contributed by atoms with E-state index in [2.05, 4.69) is 0 Å². The van der Waals surface area contributed by atoms with Gasteiger partial charge in [-0.1, -0.05) is 6.42 Å². The molecule has 27 rings (SSSR count). The Bertz CT molecular complexity index is 4740. The number of rotatable bonds is 40. The summed E-state index contributed by atoms with van der Waals surface area (Å²) in [5, 5.41) is 194. The minimum Gasteiger partial charge on any atom is -0.748 e. The molecule has 16 bridgehead atoms. The number of aliphatic hydroxyl groups is 16. The predicted octanol–water partition coefficient (Wildman–Crippen LogP) is -37.7. The van der Waals surface area contributed by atoms with E-state index >= 15 is 0 Å². The van der Waals surface area contributed by atoms with E-state index in [1.807, 2.05) is 0 Å². The van der Waals surface area contributed by atoms with Crippen LogP contribution in [0.4, 0.5) is 0 Å². The van der Waals surface area contributed by atoms with Crippen LogP contribution in [0.3, 0.4) is 0 Å². The first-order valence-corrected chi connectivity index (χ1v) is 64.4. The molecule has 27 aliphatic rings. The van der Waals surface area contributed by atoms with Crippen molar-refractivity contribution in [2.24, 2.45) is 5.92 Å². The predicted molar refractivity (Wildman–Crippen MR) is 478 cm³/mol. The first kappa shape index (κ1) is 155. The van der Waals surface area contributed by atoms with Crippen LogP contribution in [0.15, 0.2) is 0 Å². The fourth-order valence-electron chi connectivity index (χ4n) is 15.5. The summed E-state index contributed by atoms with van der Waals surface area (Å²) in [6.07, 6.45) is -85.3. The first-order chi connectivity index (χ1) is 65.1. The summed E-state index contributed by atoms with van der Waals surface area (Å²) >= 11 is 5.07. The third-order valence-corrected chi connectivity index (χ3v) is 38.8. The average Bonchev–Trinajstić information content (AvgIpc) is 0.783. The normalized spacial score (nSPS) is 38.3. The summed E-state index contributed by atoms with van der Waals surface area (Å²) in [4.78, 5) is 0. The Morgan fingerprint density at radius 3 is 0.500 bits per heavy atom. The molecule has 0 spiro atoms. The molecule has 80 heteroatoms. The molecule has 40 atom stereocenters. The Labute approximate surface area is 1070 Å². The average molecular weight is 2520 g/mol. The van der Waals surface area contributed by atoms with Gasteiger partial charge in [0.25, 0.3) is 0 Å². The van der Waals surface area contributed by atoms with Crippen molar-refractivity contribution in [2.45, 2.75) is 259 Å². The van der Waals surface area contributed by atoms with Gasteiger partial charge in [-0.3, -0.25) is 0 Å². The van der Waals surface area contributed by atoms with Gasteiger partial charge < -0.3 is 194 Å². The van der Waals surface area contributed by atoms with Crippen molar-refractivity contribution in [3.8, 4) is 0 Å². The van der Waals surface area contributed by atoms with E-state index in [0.29, 0.717) is 82.3 Å². The molecule has 0 aromatic rings. The standard InChI is InChI=1S/C68H120O56S16.8Na/c69-38-29-3-1-2-4-109-61-47(78)39(70)54(31(111-61)22-126-6-14-134(88,89)90)119-63-49(80)41(72)56(33(113-63)24-128-8-16-136(94,95)96)121-65-51(82)43(74)58(35(115-65)26-130-10-18-138(100,101)102)123-67-53(84)45(76)60(37(117-67)28-132-12-20-140(106,107)108)124-68-52(83)44(75)59(36(116-68)27-131-11-19-139(103,104)105)122-66-50(81)42(73)57(34(114-66)25-129-9-17-137(97,98)99)120-64-48(79)40(71)55(32(112-64)23-127-7-15-135(91,92)93)118-62(46(38)77)110-30(29)21-125-5-13-133(85,86)87;;;;;;;;/h29-84H,1-28H2,(H,85,86,87)(H,88,89,90)(H,91,92,93)(H,94,95,96)(H,97,98,99)(H,100,101,102)(H,103,104,105)(H,106,107,108);;;;;;;;/q;8*+1/p-8. The molecule has 824 valence electrons. The van der Waals surface area contributed by atoms with Crippen LogP contribution >= 0.6 is 94.1 Å². The van der Waals surface area contributed by atoms with Gasteiger partial charge in [-0.15, -0.1) is 0 Å². The van der Waals surface area contributed by atoms with E-state index in [-0.39, 0.29) is 261 Å². The van der Waals surface area contributed by atoms with Crippen molar-refractivity contribution in [3.05, 3.63) is 0 Å². The first-order valence-electron chi connectivity index (χ1n) is 42.5. The maximum absolute atomic E-state index is 12.3. The monoisotopic (exact) mass is 2520 g/mol. The third kappa shape index (κ3) is 50.7. The Hall–Kier alpha value is 8.80. The van der Waals surface area contributed by atoms with Gasteiger partial charge in [0.1, 0.15) is 134 Å². The fraction of sp³-hybridized carbons (Fsp3) is 1.00. The van der Waals surface area contributed by atoms with Crippen molar-refractivity contribution in [1.82, 2.24) is 0 Å². The molecule has 16 N–H and O–H groups in total. The molecule has 0 radical (unpaired) electrons. The molecule has 0 saturated carbocycles. The number of hydrogen-bond donors (Lipinski definition) is 16. The smallest absolute Gasteiger partial charge is 0.748 e. The fourth-order valence-corrected chi connectivity index (χ4v) is 31.2. The third-order valence-electron chi connectivity index (χ3n) is 22.7. The molecule has 27 fully saturated rings. The zero-order valence-electron chi connectivity index (χ0n) is 80.9. The van der Waals surface area contributed by atoms with E-state index in [1.54, 1.807) is 0 Å². The number of aliphatic hydroxyl groups excluding tert-OH is 16. The van der Waals surface area contributed by atoms with Crippen molar-refractivity contribution in [3.63, 3.8) is 0 Å². The summed E-state index contributed by atoms with van der Waals surface area (Å²) in [6.45, 7) is -0.446. The Morgan fingerprint density at radius 2 is 0.331 bits per heavy atom. The van der Waals surface area contributed by atoms with Gasteiger partial charge in [0.05, 0.1) is 136 Å². The van der Waals surface area contributed by atoms with Crippen LogP contribution in [-0.4, -0.2) is 570 Å². The maximum atomic E-state index is 12.3. The van der Waals surface area contributed by atoms with Gasteiger partial charge in [-0.2, -0.15) is 94.1 Å². The molecular formula is C68H112Na8O56S16. The minimum absolute atomic E-state index is 0. The second kappa shape index (κ2) is 71.3. The largest absolute Gasteiger partial charge is 1.00 e. The second-order valence-electron chi connectivity index (χ2n) is 33.1. The summed E-state index contributed by atoms with van der Waals surface area (Å²) in [6, 6.07) is 0. The van der Waals surface area contributed by atoms with Crippen LogP contribution in [0.25, 0.3) is 0 Å². The van der Waals surface area contributed by atoms with Gasteiger partial charge in [0.15, 0.2) is 50.3 Å². The molecule has 0 amide bonds. The number of thioether (sulfide) groups is 8. The summed E-state index contributed by atoms with van der Waals surface area (Å²) in [7, 11) is -39.7. The van der Waals surface area contributed by atoms with Gasteiger partial charge in [0, 0.05) is 151 Å². The molecule has 27 saturated heterocycles. The van der Waals surface area contributed by atoms with Crippen LogP contribution < -0.4 is 236 Å². The van der Waals surface area contributed by atoms with Crippen molar-refractivity contribution in [1.29, 1.82) is 0 Å². The molecule has 0 aromatic carbocycles. The Kier molecular flexibility index (Phi) is 74.6. The van der Waals surface area contributed by atoms with E-state index in [9.17, 15) is 185 Å². The topological polar surface area (TPSA) is 929 Å². The summed E-state index contributed by atoms with van der Waals surface area (Å²) in [5.74, 6) is -18.4. The van der Waals surface area contributed by atoms with Crippen LogP contribution in [0.1, 0.15) is 19.3 Å². The van der Waals surface area contributed by atoms with E-state index in [0.717, 1.165) is 11.8 Å². The van der Waals surface area contributed by atoms with E-state index < -0.39 is 465 Å². The van der Waals surface area contributed by atoms with E-state index in [4.69, 9.17) is 75.8 Å². The van der Waals surface area contributed by atoms with E-state index in [1.165, 1.54) is 0 Å². The molecule has 40 unspecified atom stereocenters. The summed E-state index contributed by atoms with van der Waals surface area (Å²) < 4.78 is 382. The van der Waals surface area contributed by atoms with Crippen LogP contribution in [0.2, 0.25) is 0 Å². The van der Waals surface area contributed by atoms with Crippen molar-refractivity contribution < 1.29 is 498 Å². The summed E-state index contributed by atoms with van der Waals surface area (Å²) in [5.41, 5.74) is 0. The molecule has 27 heterocycles. The Morgan fingerprint density at radius 1 is 0.189 bits per heavy atom. The molecule has 27 aliphatic heterocycles. The molecule has 0 aromatic heterocycles. The molecule has 0 aliphatic carbocycles. The number of ether oxygens (including phenoxy) is 16. The van der Waals surface area contributed by atoms with Crippen LogP contribution in [0, 0.1) is 5.92 Å². The zero-order valence-corrected chi connectivity index (χ0v) is 110. The second-order valence-corrected chi connectivity index (χ2v) is 54.5. The maximum Gasteiger partial charge on any atom is 1.00 e. The van der Waals surface area contributed by atoms with Crippen molar-refractivity contribution >= 4 is 175 Å². The minimum atomic E-state index is -5.01. The zero-order chi connectivity index (χ0) is 104. The van der Waals surface area contributed by atoms with Gasteiger partial charge in [-0.05, 0) is 12.8 Å². The van der Waals surface area contributed by atoms with Gasteiger partial charge in [0.2, 0.25) is 0 Å². The van der Waals surface area contributed by atoms with Gasteiger partial charge in [-0.25, -0.2) is 67.3 Å². The quantitative estimate of drug-likeness (QED) is 0.0154. The Balaban J connectivity index is 0.0000137. The van der Waals surface area contributed by atoms with Gasteiger partial charge >= 0.3 is 236 Å². The molecule has 148 heavy (non-hydrogen) atoms. The molecular weight excluding hydrogens is 2410 g/mol. The van der Waals surface area contributed by atoms with Crippen molar-refractivity contribution in [2.75, 3.05) is 145 Å². The number of hydrogen-bond acceptors (Lipinski definition) is 64. The SMILES string of the molecule is O=S(=O)([O-])CCSCC1OC2OC3C(CSCCS(=O)(=O)[O-])OC(OC4C(CSCCS(=O)(=O)[O-])OC(OC5C(CSCCS(=O)(=O)[O-])OC(OC6C(CSCCS(=O)(=O)[O-])OC(OC7C(CSCCS(=O)(=O)[O-])OC(OC8C(CSCCS(=O)(=O)[O-])OC(OC9C(CSCCS(=O)(=O)[O-])OC(OCCCCC1C(O)C2O)C(O)C9O)C(O)C8O)C(O)C7O)C(O)C6O)C(O)C5O)C(O)C4O)C(O)C3O.[Na+].[Na+].[Na+].[Na+].[Na+].[Na+].[Na+].[Na+]. The van der Waals surface area contributed by atoms with Crippen LogP contribution in [-0.2, 0) is 157 Å². The molecule has 56 nitrogen and oxygen atoms in total.